The number of benzene rings is 2. The van der Waals surface area contributed by atoms with Crippen LogP contribution < -0.4 is 10.2 Å². The van der Waals surface area contributed by atoms with Gasteiger partial charge in [0.1, 0.15) is 5.75 Å². The van der Waals surface area contributed by atoms with Crippen LogP contribution in [-0.4, -0.2) is 24.0 Å². The van der Waals surface area contributed by atoms with Crippen molar-refractivity contribution in [3.05, 3.63) is 59.7 Å². The summed E-state index contributed by atoms with van der Waals surface area (Å²) in [6.07, 6.45) is 0. The summed E-state index contributed by atoms with van der Waals surface area (Å²) >= 11 is 0. The predicted molar refractivity (Wildman–Crippen MR) is 77.7 cm³/mol. The first-order valence-electron chi connectivity index (χ1n) is 6.38. The Morgan fingerprint density at radius 1 is 1.05 bits per heavy atom. The van der Waals surface area contributed by atoms with Crippen LogP contribution in [-0.2, 0) is 11.3 Å². The highest BCUT2D eigenvalue weighted by Gasteiger charge is 2.13. The number of hydrogen-bond donors (Lipinski definition) is 2. The van der Waals surface area contributed by atoms with E-state index in [9.17, 15) is 0 Å². The van der Waals surface area contributed by atoms with Crippen molar-refractivity contribution in [1.29, 1.82) is 0 Å². The molecule has 0 aliphatic heterocycles. The summed E-state index contributed by atoms with van der Waals surface area (Å²) in [6.45, 7) is 2.44. The van der Waals surface area contributed by atoms with Gasteiger partial charge in [-0.05, 0) is 35.6 Å². The van der Waals surface area contributed by atoms with Crippen LogP contribution >= 0.6 is 0 Å². The molecule has 0 aromatic heterocycles. The highest BCUT2D eigenvalue weighted by molar-refractivity contribution is 6.59. The van der Waals surface area contributed by atoms with Gasteiger partial charge in [-0.3, -0.25) is 0 Å². The van der Waals surface area contributed by atoms with E-state index in [0.717, 1.165) is 11.1 Å². The zero-order chi connectivity index (χ0) is 14.4. The van der Waals surface area contributed by atoms with Crippen molar-refractivity contribution >= 4 is 12.6 Å². The Kier molecular flexibility index (Phi) is 5.18. The van der Waals surface area contributed by atoms with Gasteiger partial charge in [0, 0.05) is 0 Å². The van der Waals surface area contributed by atoms with Crippen LogP contribution in [0, 0.1) is 6.92 Å². The largest absolute Gasteiger partial charge is 0.488 e. The lowest BCUT2D eigenvalue weighted by molar-refractivity contribution is 0.00503. The van der Waals surface area contributed by atoms with Crippen molar-refractivity contribution in [2.45, 2.75) is 13.5 Å². The van der Waals surface area contributed by atoms with Gasteiger partial charge in [0.25, 0.3) is 0 Å². The fraction of sp³-hybridized carbons (Fsp3) is 0.200. The first kappa shape index (κ1) is 14.6. The lowest BCUT2D eigenvalue weighted by Gasteiger charge is -2.10. The van der Waals surface area contributed by atoms with Gasteiger partial charge in [0.2, 0.25) is 0 Å². The Labute approximate surface area is 118 Å². The molecule has 0 heterocycles. The number of ether oxygens (including phenoxy) is 2. The molecule has 0 atom stereocenters. The molecular formula is C15H17BO4. The lowest BCUT2D eigenvalue weighted by atomic mass is 9.77. The second-order valence-electron chi connectivity index (χ2n) is 4.49. The third-order valence-electron chi connectivity index (χ3n) is 2.94. The molecule has 2 aromatic carbocycles. The Hall–Kier alpha value is -1.82. The second-order valence-corrected chi connectivity index (χ2v) is 4.49. The molecule has 0 bridgehead atoms. The molecule has 4 nitrogen and oxygen atoms in total. The van der Waals surface area contributed by atoms with Crippen LogP contribution in [0.15, 0.2) is 48.5 Å². The van der Waals surface area contributed by atoms with Crippen molar-refractivity contribution < 1.29 is 19.5 Å². The smallest absolute Gasteiger partial charge is 0.468 e. The lowest BCUT2D eigenvalue weighted by Crippen LogP contribution is -2.31. The molecule has 0 radical (unpaired) electrons. The first-order chi connectivity index (χ1) is 9.66. The molecule has 104 valence electrons. The van der Waals surface area contributed by atoms with Crippen LogP contribution in [0.4, 0.5) is 0 Å². The van der Waals surface area contributed by atoms with E-state index in [1.54, 1.807) is 25.1 Å². The number of hydrogen-bond acceptors (Lipinski definition) is 4. The van der Waals surface area contributed by atoms with Gasteiger partial charge < -0.3 is 19.5 Å². The van der Waals surface area contributed by atoms with Gasteiger partial charge in [0.05, 0.1) is 6.61 Å². The fourth-order valence-electron chi connectivity index (χ4n) is 1.87. The standard InChI is InChI=1S/C15H17BO4/c1-12-9-14(7-8-15(12)16(17)18)20-11-19-10-13-5-3-2-4-6-13/h2-9,17-18H,10-11H2,1H3. The Balaban J connectivity index is 1.81. The maximum absolute atomic E-state index is 9.13. The maximum atomic E-state index is 9.13. The van der Waals surface area contributed by atoms with E-state index < -0.39 is 7.12 Å². The van der Waals surface area contributed by atoms with Gasteiger partial charge in [-0.2, -0.15) is 0 Å². The molecule has 0 fully saturated rings. The predicted octanol–water partition coefficient (Wildman–Crippen LogP) is 1.23. The average Bonchev–Trinajstić information content (AvgIpc) is 2.44. The summed E-state index contributed by atoms with van der Waals surface area (Å²) in [6, 6.07) is 14.9. The molecule has 0 aliphatic carbocycles. The fourth-order valence-corrected chi connectivity index (χ4v) is 1.87. The molecule has 0 unspecified atom stereocenters. The summed E-state index contributed by atoms with van der Waals surface area (Å²) < 4.78 is 10.9. The maximum Gasteiger partial charge on any atom is 0.488 e. The molecule has 0 spiro atoms. The topological polar surface area (TPSA) is 58.9 Å². The quantitative estimate of drug-likeness (QED) is 0.471. The van der Waals surface area contributed by atoms with Crippen molar-refractivity contribution in [3.63, 3.8) is 0 Å². The molecule has 2 rings (SSSR count). The third kappa shape index (κ3) is 4.10. The van der Waals surface area contributed by atoms with E-state index in [0.29, 0.717) is 17.8 Å². The number of aryl methyl sites for hydroxylation is 1. The Morgan fingerprint density at radius 3 is 2.45 bits per heavy atom. The highest BCUT2D eigenvalue weighted by Crippen LogP contribution is 2.12. The average molecular weight is 272 g/mol. The zero-order valence-electron chi connectivity index (χ0n) is 11.3. The second kappa shape index (κ2) is 7.10. The first-order valence-corrected chi connectivity index (χ1v) is 6.38. The molecule has 2 aromatic rings. The van der Waals surface area contributed by atoms with Crippen LogP contribution in [0.3, 0.4) is 0 Å². The van der Waals surface area contributed by atoms with Crippen LogP contribution in [0.25, 0.3) is 0 Å². The molecule has 0 amide bonds. The molecule has 0 saturated heterocycles. The van der Waals surface area contributed by atoms with Gasteiger partial charge in [-0.15, -0.1) is 0 Å². The minimum absolute atomic E-state index is 0.148. The van der Waals surface area contributed by atoms with Crippen molar-refractivity contribution in [1.82, 2.24) is 0 Å². The monoisotopic (exact) mass is 272 g/mol. The summed E-state index contributed by atoms with van der Waals surface area (Å²) in [4.78, 5) is 0. The van der Waals surface area contributed by atoms with E-state index in [1.807, 2.05) is 30.3 Å². The van der Waals surface area contributed by atoms with E-state index in [4.69, 9.17) is 19.5 Å². The SMILES string of the molecule is Cc1cc(OCOCc2ccccc2)ccc1B(O)O. The van der Waals surface area contributed by atoms with Crippen LogP contribution in [0.1, 0.15) is 11.1 Å². The number of rotatable bonds is 6. The van der Waals surface area contributed by atoms with E-state index in [-0.39, 0.29) is 6.79 Å². The van der Waals surface area contributed by atoms with Gasteiger partial charge >= 0.3 is 7.12 Å². The molecule has 5 heteroatoms. The van der Waals surface area contributed by atoms with Crippen LogP contribution in [0.5, 0.6) is 5.75 Å². The summed E-state index contributed by atoms with van der Waals surface area (Å²) in [5, 5.41) is 18.3. The molecular weight excluding hydrogens is 255 g/mol. The van der Waals surface area contributed by atoms with E-state index in [2.05, 4.69) is 0 Å². The minimum atomic E-state index is -1.46. The summed E-state index contributed by atoms with van der Waals surface area (Å²) in [5.74, 6) is 0.639. The van der Waals surface area contributed by atoms with Gasteiger partial charge in [0.15, 0.2) is 6.79 Å². The van der Waals surface area contributed by atoms with Crippen molar-refractivity contribution in [2.24, 2.45) is 0 Å². The summed E-state index contributed by atoms with van der Waals surface area (Å²) in [5.41, 5.74) is 2.33. The molecule has 2 N–H and O–H groups in total. The normalized spacial score (nSPS) is 10.3. The molecule has 0 saturated carbocycles. The van der Waals surface area contributed by atoms with Crippen LogP contribution in [0.2, 0.25) is 0 Å². The molecule has 0 aliphatic rings. The zero-order valence-corrected chi connectivity index (χ0v) is 11.3. The Morgan fingerprint density at radius 2 is 1.80 bits per heavy atom. The Bertz CT molecular complexity index is 543. The highest BCUT2D eigenvalue weighted by atomic mass is 16.7. The van der Waals surface area contributed by atoms with E-state index in [1.165, 1.54) is 0 Å². The minimum Gasteiger partial charge on any atom is -0.468 e. The van der Waals surface area contributed by atoms with Crippen molar-refractivity contribution in [2.75, 3.05) is 6.79 Å². The third-order valence-corrected chi connectivity index (χ3v) is 2.94. The van der Waals surface area contributed by atoms with Gasteiger partial charge in [-0.25, -0.2) is 0 Å². The van der Waals surface area contributed by atoms with Gasteiger partial charge in [-0.1, -0.05) is 36.4 Å². The molecule has 20 heavy (non-hydrogen) atoms. The summed E-state index contributed by atoms with van der Waals surface area (Å²) in [7, 11) is -1.46. The van der Waals surface area contributed by atoms with Crippen molar-refractivity contribution in [3.8, 4) is 5.75 Å². The van der Waals surface area contributed by atoms with E-state index >= 15 is 0 Å².